The molecule has 136 valence electrons. The molecule has 0 saturated carbocycles. The van der Waals surface area contributed by atoms with Gasteiger partial charge in [-0.05, 0) is 19.1 Å². The summed E-state index contributed by atoms with van der Waals surface area (Å²) in [5, 5.41) is 2.59. The Morgan fingerprint density at radius 3 is 2.64 bits per heavy atom. The first-order valence-corrected chi connectivity index (χ1v) is 9.85. The highest BCUT2D eigenvalue weighted by Crippen LogP contribution is 2.14. The lowest BCUT2D eigenvalue weighted by atomic mass is 10.3. The molecule has 0 radical (unpaired) electrons. The molecule has 1 aliphatic rings. The molecule has 2 rings (SSSR count). The second-order valence-electron chi connectivity index (χ2n) is 5.57. The Hall–Kier alpha value is -2.19. The number of carbonyl (C=O) groups is 1. The number of amides is 1. The van der Waals surface area contributed by atoms with Crippen LogP contribution in [0.2, 0.25) is 0 Å². The summed E-state index contributed by atoms with van der Waals surface area (Å²) in [5.74, 6) is 0.466. The first-order valence-electron chi connectivity index (χ1n) is 8.24. The van der Waals surface area contributed by atoms with Crippen molar-refractivity contribution in [2.24, 2.45) is 0 Å². The van der Waals surface area contributed by atoms with E-state index in [1.165, 1.54) is 10.4 Å². The zero-order valence-electron chi connectivity index (χ0n) is 14.3. The van der Waals surface area contributed by atoms with Gasteiger partial charge in [-0.2, -0.15) is 4.31 Å². The number of rotatable bonds is 7. The number of carbonyl (C=O) groups excluding carboxylic acids is 1. The molecule has 0 atom stereocenters. The third-order valence-electron chi connectivity index (χ3n) is 3.82. The molecule has 1 N–H and O–H groups in total. The molecular weight excluding hydrogens is 340 g/mol. The molecule has 0 aliphatic carbocycles. The lowest BCUT2D eigenvalue weighted by Gasteiger charge is -2.34. The fraction of sp³-hybridized carbons (Fsp3) is 0.412. The van der Waals surface area contributed by atoms with Gasteiger partial charge in [0.1, 0.15) is 5.82 Å². The summed E-state index contributed by atoms with van der Waals surface area (Å²) >= 11 is 0. The number of piperazine rings is 1. The van der Waals surface area contributed by atoms with Crippen LogP contribution in [0.3, 0.4) is 0 Å². The molecule has 0 unspecified atom stereocenters. The van der Waals surface area contributed by atoms with Gasteiger partial charge in [-0.15, -0.1) is 0 Å². The van der Waals surface area contributed by atoms with E-state index in [0.29, 0.717) is 26.2 Å². The monoisotopic (exact) mass is 364 g/mol. The van der Waals surface area contributed by atoms with E-state index in [-0.39, 0.29) is 18.2 Å². The number of nitrogens with zero attached hydrogens (tertiary/aromatic N) is 3. The lowest BCUT2D eigenvalue weighted by Crippen LogP contribution is -2.50. The molecule has 1 fully saturated rings. The molecule has 1 aromatic rings. The molecule has 0 bridgehead atoms. The molecule has 1 amide bonds. The number of nitrogens with one attached hydrogen (secondary N) is 1. The van der Waals surface area contributed by atoms with Crippen LogP contribution >= 0.6 is 0 Å². The van der Waals surface area contributed by atoms with Crippen LogP contribution in [-0.2, 0) is 14.8 Å². The number of allylic oxidation sites excluding steroid dienone is 3. The summed E-state index contributed by atoms with van der Waals surface area (Å²) in [6.45, 7) is 4.01. The van der Waals surface area contributed by atoms with E-state index < -0.39 is 10.0 Å². The van der Waals surface area contributed by atoms with Crippen LogP contribution in [0.25, 0.3) is 0 Å². The third kappa shape index (κ3) is 5.99. The Labute approximate surface area is 149 Å². The highest BCUT2D eigenvalue weighted by Gasteiger charge is 2.27. The average molecular weight is 364 g/mol. The average Bonchev–Trinajstić information content (AvgIpc) is 2.63. The molecule has 1 saturated heterocycles. The fourth-order valence-electron chi connectivity index (χ4n) is 2.48. The maximum atomic E-state index is 12.4. The first-order chi connectivity index (χ1) is 12.0. The minimum Gasteiger partial charge on any atom is -0.354 e. The van der Waals surface area contributed by atoms with Gasteiger partial charge in [-0.3, -0.25) is 4.79 Å². The van der Waals surface area contributed by atoms with Gasteiger partial charge in [0, 0.05) is 45.0 Å². The number of pyridine rings is 1. The number of hydrogen-bond acceptors (Lipinski definition) is 5. The zero-order chi connectivity index (χ0) is 18.1. The van der Waals surface area contributed by atoms with Crippen molar-refractivity contribution in [3.63, 3.8) is 0 Å². The van der Waals surface area contributed by atoms with Crippen molar-refractivity contribution in [3.05, 3.63) is 48.7 Å². The Morgan fingerprint density at radius 1 is 1.24 bits per heavy atom. The predicted octanol–water partition coefficient (Wildman–Crippen LogP) is 0.782. The van der Waals surface area contributed by atoms with Gasteiger partial charge in [0.15, 0.2) is 0 Å². The number of aromatic nitrogens is 1. The summed E-state index contributed by atoms with van der Waals surface area (Å²) in [6, 6.07) is 5.69. The van der Waals surface area contributed by atoms with Crippen molar-refractivity contribution in [2.45, 2.75) is 6.92 Å². The quantitative estimate of drug-likeness (QED) is 0.571. The topological polar surface area (TPSA) is 82.6 Å². The Bertz CT molecular complexity index is 709. The van der Waals surface area contributed by atoms with E-state index >= 15 is 0 Å². The largest absolute Gasteiger partial charge is 0.354 e. The molecule has 0 spiro atoms. The van der Waals surface area contributed by atoms with Crippen LogP contribution in [0.4, 0.5) is 5.82 Å². The van der Waals surface area contributed by atoms with Crippen molar-refractivity contribution >= 4 is 21.7 Å². The van der Waals surface area contributed by atoms with Crippen LogP contribution in [0.15, 0.2) is 48.7 Å². The minimum absolute atomic E-state index is 0.0974. The first kappa shape index (κ1) is 19.1. The third-order valence-corrected chi connectivity index (χ3v) is 5.69. The van der Waals surface area contributed by atoms with Crippen LogP contribution < -0.4 is 10.2 Å². The van der Waals surface area contributed by atoms with Gasteiger partial charge in [0.25, 0.3) is 0 Å². The van der Waals surface area contributed by atoms with Crippen LogP contribution in [-0.4, -0.2) is 62.1 Å². The molecule has 2 heterocycles. The molecule has 25 heavy (non-hydrogen) atoms. The van der Waals surface area contributed by atoms with Gasteiger partial charge in [0.05, 0.1) is 5.75 Å². The summed E-state index contributed by atoms with van der Waals surface area (Å²) < 4.78 is 26.2. The van der Waals surface area contributed by atoms with Gasteiger partial charge in [-0.1, -0.05) is 24.3 Å². The van der Waals surface area contributed by atoms with Gasteiger partial charge >= 0.3 is 0 Å². The van der Waals surface area contributed by atoms with Gasteiger partial charge in [0.2, 0.25) is 15.9 Å². The van der Waals surface area contributed by atoms with E-state index in [1.807, 2.05) is 25.1 Å². The molecule has 1 aliphatic heterocycles. The number of hydrogen-bond donors (Lipinski definition) is 1. The van der Waals surface area contributed by atoms with E-state index in [2.05, 4.69) is 15.2 Å². The Morgan fingerprint density at radius 2 is 2.00 bits per heavy atom. The van der Waals surface area contributed by atoms with E-state index in [9.17, 15) is 13.2 Å². The molecule has 0 aromatic carbocycles. The summed E-state index contributed by atoms with van der Waals surface area (Å²) in [5.41, 5.74) is 0. The van der Waals surface area contributed by atoms with Crippen molar-refractivity contribution in [2.75, 3.05) is 43.4 Å². The summed E-state index contributed by atoms with van der Waals surface area (Å²) in [7, 11) is -3.38. The normalized spacial score (nSPS) is 16.6. The van der Waals surface area contributed by atoms with Crippen molar-refractivity contribution in [1.29, 1.82) is 0 Å². The Kier molecular flexibility index (Phi) is 7.15. The minimum atomic E-state index is -3.38. The van der Waals surface area contributed by atoms with Crippen molar-refractivity contribution in [1.82, 2.24) is 14.6 Å². The molecule has 1 aromatic heterocycles. The van der Waals surface area contributed by atoms with E-state index in [4.69, 9.17) is 0 Å². The second kappa shape index (κ2) is 9.33. The highest BCUT2D eigenvalue weighted by atomic mass is 32.2. The second-order valence-corrected chi connectivity index (χ2v) is 7.65. The molecule has 7 nitrogen and oxygen atoms in total. The van der Waals surface area contributed by atoms with Gasteiger partial charge < -0.3 is 10.2 Å². The number of sulfonamides is 1. The van der Waals surface area contributed by atoms with Crippen molar-refractivity contribution in [3.8, 4) is 0 Å². The van der Waals surface area contributed by atoms with Crippen LogP contribution in [0, 0.1) is 0 Å². The summed E-state index contributed by atoms with van der Waals surface area (Å²) in [6.07, 6.45) is 8.25. The SMILES string of the molecule is C/C=C/C=C/C(=O)NCCS(=O)(=O)N1CCN(c2ccccn2)CC1. The van der Waals surface area contributed by atoms with Crippen LogP contribution in [0.1, 0.15) is 6.92 Å². The van der Waals surface area contributed by atoms with E-state index in [1.54, 1.807) is 24.4 Å². The zero-order valence-corrected chi connectivity index (χ0v) is 15.2. The highest BCUT2D eigenvalue weighted by molar-refractivity contribution is 7.89. The molecule has 8 heteroatoms. The number of anilines is 1. The molecular formula is C17H24N4O3S. The lowest BCUT2D eigenvalue weighted by molar-refractivity contribution is -0.116. The smallest absolute Gasteiger partial charge is 0.244 e. The standard InChI is InChI=1S/C17H24N4O3S/c1-2-3-4-8-17(22)19-10-15-25(23,24)21-13-11-20(12-14-21)16-7-5-6-9-18-16/h2-9H,10-15H2,1H3,(H,19,22)/b3-2+,8-4+. The van der Waals surface area contributed by atoms with Gasteiger partial charge in [-0.25, -0.2) is 13.4 Å². The maximum absolute atomic E-state index is 12.4. The Balaban J connectivity index is 1.78. The fourth-order valence-corrected chi connectivity index (χ4v) is 3.82. The van der Waals surface area contributed by atoms with Crippen molar-refractivity contribution < 1.29 is 13.2 Å². The van der Waals surface area contributed by atoms with E-state index in [0.717, 1.165) is 5.82 Å². The van der Waals surface area contributed by atoms with Crippen LogP contribution in [0.5, 0.6) is 0 Å². The predicted molar refractivity (Wildman–Crippen MR) is 98.8 cm³/mol. The maximum Gasteiger partial charge on any atom is 0.244 e. The summed E-state index contributed by atoms with van der Waals surface area (Å²) in [4.78, 5) is 17.9.